The molecule has 1 unspecified atom stereocenters. The number of nitrogens with zero attached hydrogens (tertiary/aromatic N) is 1. The van der Waals surface area contributed by atoms with Gasteiger partial charge in [0.25, 0.3) is 0 Å². The fourth-order valence-corrected chi connectivity index (χ4v) is 3.50. The number of carbonyl (C=O) groups is 2. The standard InChI is InChI=1S/C21H24Cl2N2O3/c1-4-19(21(27)24-2)25(13-14-8-10-15(28-3)11-9-14)20(26)12-16-17(22)6-5-7-18(16)23/h5-11,19H,4,12-13H2,1-3H3,(H,24,27). The van der Waals surface area contributed by atoms with E-state index in [0.29, 0.717) is 22.0 Å². The second-order valence-electron chi connectivity index (χ2n) is 6.29. The Bertz CT molecular complexity index is 805. The number of nitrogens with one attached hydrogen (secondary N) is 1. The van der Waals surface area contributed by atoms with Crippen molar-refractivity contribution < 1.29 is 14.3 Å². The van der Waals surface area contributed by atoms with Crippen molar-refractivity contribution in [1.82, 2.24) is 10.2 Å². The first kappa shape index (κ1) is 22.1. The summed E-state index contributed by atoms with van der Waals surface area (Å²) >= 11 is 12.5. The van der Waals surface area contributed by atoms with Crippen molar-refractivity contribution in [2.24, 2.45) is 0 Å². The number of halogens is 2. The lowest BCUT2D eigenvalue weighted by atomic mass is 10.1. The number of hydrogen-bond donors (Lipinski definition) is 1. The number of amides is 2. The van der Waals surface area contributed by atoms with E-state index in [1.165, 1.54) is 0 Å². The highest BCUT2D eigenvalue weighted by molar-refractivity contribution is 6.36. The molecule has 0 aliphatic carbocycles. The molecule has 1 N–H and O–H groups in total. The minimum absolute atomic E-state index is 0.0160. The molecule has 0 aromatic heterocycles. The zero-order valence-electron chi connectivity index (χ0n) is 16.2. The van der Waals surface area contributed by atoms with Gasteiger partial charge in [-0.2, -0.15) is 0 Å². The maximum atomic E-state index is 13.2. The predicted molar refractivity (Wildman–Crippen MR) is 112 cm³/mol. The lowest BCUT2D eigenvalue weighted by Gasteiger charge is -2.30. The Morgan fingerprint density at radius 2 is 1.71 bits per heavy atom. The van der Waals surface area contributed by atoms with Gasteiger partial charge in [-0.05, 0) is 41.8 Å². The summed E-state index contributed by atoms with van der Waals surface area (Å²) in [6.07, 6.45) is 0.500. The van der Waals surface area contributed by atoms with E-state index in [1.807, 2.05) is 31.2 Å². The normalized spacial score (nSPS) is 11.6. The van der Waals surface area contributed by atoms with E-state index in [4.69, 9.17) is 27.9 Å². The van der Waals surface area contributed by atoms with Gasteiger partial charge < -0.3 is 15.0 Å². The minimum Gasteiger partial charge on any atom is -0.497 e. The first-order valence-electron chi connectivity index (χ1n) is 8.98. The van der Waals surface area contributed by atoms with Crippen molar-refractivity contribution in [2.45, 2.75) is 32.4 Å². The fourth-order valence-electron chi connectivity index (χ4n) is 2.97. The number of likely N-dealkylation sites (N-methyl/N-ethyl adjacent to an activating group) is 1. The van der Waals surface area contributed by atoms with Gasteiger partial charge in [0, 0.05) is 23.6 Å². The second-order valence-corrected chi connectivity index (χ2v) is 7.10. The maximum absolute atomic E-state index is 13.2. The van der Waals surface area contributed by atoms with Crippen LogP contribution in [0.25, 0.3) is 0 Å². The first-order valence-corrected chi connectivity index (χ1v) is 9.73. The van der Waals surface area contributed by atoms with Gasteiger partial charge in [0.1, 0.15) is 11.8 Å². The summed E-state index contributed by atoms with van der Waals surface area (Å²) in [4.78, 5) is 27.1. The molecule has 0 aliphatic heterocycles. The van der Waals surface area contributed by atoms with Crippen LogP contribution in [0.4, 0.5) is 0 Å². The summed E-state index contributed by atoms with van der Waals surface area (Å²) in [7, 11) is 3.16. The molecular formula is C21H24Cl2N2O3. The van der Waals surface area contributed by atoms with Crippen molar-refractivity contribution in [2.75, 3.05) is 14.2 Å². The van der Waals surface area contributed by atoms with Crippen molar-refractivity contribution in [3.63, 3.8) is 0 Å². The number of methoxy groups -OCH3 is 1. The van der Waals surface area contributed by atoms with Gasteiger partial charge >= 0.3 is 0 Å². The monoisotopic (exact) mass is 422 g/mol. The first-order chi connectivity index (χ1) is 13.4. The molecule has 7 heteroatoms. The average molecular weight is 423 g/mol. The Kier molecular flexibility index (Phi) is 8.15. The molecule has 0 aliphatic rings. The quantitative estimate of drug-likeness (QED) is 0.696. The SMILES string of the molecule is CCC(C(=O)NC)N(Cc1ccc(OC)cc1)C(=O)Cc1c(Cl)cccc1Cl. The van der Waals surface area contributed by atoms with E-state index < -0.39 is 6.04 Å². The molecule has 2 amide bonds. The molecule has 0 saturated heterocycles. The topological polar surface area (TPSA) is 58.6 Å². The molecule has 0 fully saturated rings. The molecule has 0 heterocycles. The maximum Gasteiger partial charge on any atom is 0.242 e. The Balaban J connectivity index is 2.33. The Labute approximate surface area is 175 Å². The largest absolute Gasteiger partial charge is 0.497 e. The van der Waals surface area contributed by atoms with E-state index >= 15 is 0 Å². The van der Waals surface area contributed by atoms with Crippen LogP contribution in [0, 0.1) is 0 Å². The third kappa shape index (κ3) is 5.40. The summed E-state index contributed by atoms with van der Waals surface area (Å²) in [6.45, 7) is 2.16. The Morgan fingerprint density at radius 1 is 1.11 bits per heavy atom. The van der Waals surface area contributed by atoms with Crippen LogP contribution in [-0.4, -0.2) is 36.9 Å². The van der Waals surface area contributed by atoms with Crippen LogP contribution in [0.5, 0.6) is 5.75 Å². The molecule has 0 saturated carbocycles. The van der Waals surface area contributed by atoms with Crippen LogP contribution in [0.3, 0.4) is 0 Å². The molecule has 1 atom stereocenters. The molecule has 0 spiro atoms. The van der Waals surface area contributed by atoms with Crippen LogP contribution >= 0.6 is 23.2 Å². The van der Waals surface area contributed by atoms with Gasteiger partial charge in [0.15, 0.2) is 0 Å². The highest BCUT2D eigenvalue weighted by atomic mass is 35.5. The molecule has 0 bridgehead atoms. The van der Waals surface area contributed by atoms with Crippen LogP contribution in [0.1, 0.15) is 24.5 Å². The van der Waals surface area contributed by atoms with Gasteiger partial charge in [-0.1, -0.05) is 48.3 Å². The van der Waals surface area contributed by atoms with E-state index in [-0.39, 0.29) is 24.8 Å². The van der Waals surface area contributed by atoms with Crippen LogP contribution in [0.2, 0.25) is 10.0 Å². The Hall–Kier alpha value is -2.24. The minimum atomic E-state index is -0.596. The summed E-state index contributed by atoms with van der Waals surface area (Å²) in [6, 6.07) is 11.9. The smallest absolute Gasteiger partial charge is 0.242 e. The molecule has 2 aromatic rings. The lowest BCUT2D eigenvalue weighted by molar-refractivity contribution is -0.140. The van der Waals surface area contributed by atoms with Crippen LogP contribution in [-0.2, 0) is 22.6 Å². The highest BCUT2D eigenvalue weighted by Crippen LogP contribution is 2.26. The summed E-state index contributed by atoms with van der Waals surface area (Å²) in [5.74, 6) is 0.290. The van der Waals surface area contributed by atoms with Crippen molar-refractivity contribution >= 4 is 35.0 Å². The average Bonchev–Trinajstić information content (AvgIpc) is 2.70. The van der Waals surface area contributed by atoms with Crippen LogP contribution in [0.15, 0.2) is 42.5 Å². The van der Waals surface area contributed by atoms with Gasteiger partial charge in [0.2, 0.25) is 11.8 Å². The lowest BCUT2D eigenvalue weighted by Crippen LogP contribution is -2.48. The van der Waals surface area contributed by atoms with E-state index in [0.717, 1.165) is 11.3 Å². The molecule has 2 aromatic carbocycles. The van der Waals surface area contributed by atoms with Crippen molar-refractivity contribution in [3.8, 4) is 5.75 Å². The van der Waals surface area contributed by atoms with Crippen LogP contribution < -0.4 is 10.1 Å². The van der Waals surface area contributed by atoms with Crippen molar-refractivity contribution in [1.29, 1.82) is 0 Å². The number of hydrogen-bond acceptors (Lipinski definition) is 3. The van der Waals surface area contributed by atoms with Gasteiger partial charge in [-0.15, -0.1) is 0 Å². The zero-order chi connectivity index (χ0) is 20.7. The third-order valence-corrected chi connectivity index (χ3v) is 5.24. The molecule has 28 heavy (non-hydrogen) atoms. The number of rotatable bonds is 8. The number of benzene rings is 2. The second kappa shape index (κ2) is 10.3. The summed E-state index contributed by atoms with van der Waals surface area (Å²) < 4.78 is 5.18. The zero-order valence-corrected chi connectivity index (χ0v) is 17.7. The molecule has 5 nitrogen and oxygen atoms in total. The van der Waals surface area contributed by atoms with Gasteiger partial charge in [-0.3, -0.25) is 9.59 Å². The number of ether oxygens (including phenoxy) is 1. The Morgan fingerprint density at radius 3 is 2.21 bits per heavy atom. The van der Waals surface area contributed by atoms with E-state index in [9.17, 15) is 9.59 Å². The molecule has 0 radical (unpaired) electrons. The van der Waals surface area contributed by atoms with E-state index in [2.05, 4.69) is 5.32 Å². The highest BCUT2D eigenvalue weighted by Gasteiger charge is 2.28. The fraction of sp³-hybridized carbons (Fsp3) is 0.333. The van der Waals surface area contributed by atoms with Gasteiger partial charge in [0.05, 0.1) is 13.5 Å². The van der Waals surface area contributed by atoms with Gasteiger partial charge in [-0.25, -0.2) is 0 Å². The number of carbonyl (C=O) groups excluding carboxylic acids is 2. The predicted octanol–water partition coefficient (Wildman–Crippen LogP) is 4.10. The summed E-state index contributed by atoms with van der Waals surface area (Å²) in [5, 5.41) is 3.49. The van der Waals surface area contributed by atoms with E-state index in [1.54, 1.807) is 37.3 Å². The molecular weight excluding hydrogens is 399 g/mol. The van der Waals surface area contributed by atoms with Crippen molar-refractivity contribution in [3.05, 3.63) is 63.6 Å². The molecule has 2 rings (SSSR count). The molecule has 150 valence electrons. The third-order valence-electron chi connectivity index (χ3n) is 4.53. The summed E-state index contributed by atoms with van der Waals surface area (Å²) in [5.41, 5.74) is 1.45.